The number of nitrogens with zero attached hydrogens (tertiary/aromatic N) is 1. The van der Waals surface area contributed by atoms with Crippen molar-refractivity contribution in [2.45, 2.75) is 56.2 Å². The van der Waals surface area contributed by atoms with Gasteiger partial charge in [-0.05, 0) is 81.0 Å². The minimum Gasteiger partial charge on any atom is -0.457 e. The average molecular weight is 416 g/mol. The third kappa shape index (κ3) is 3.37. The Morgan fingerprint density at radius 1 is 1.10 bits per heavy atom. The molecule has 0 aromatic heterocycles. The molecule has 4 aliphatic carbocycles. The Hall–Kier alpha value is -1.88. The van der Waals surface area contributed by atoms with Crippen LogP contribution in [0.2, 0.25) is 0 Å². The summed E-state index contributed by atoms with van der Waals surface area (Å²) in [6, 6.07) is 6.98. The van der Waals surface area contributed by atoms with E-state index in [1.54, 1.807) is 29.2 Å². The smallest absolute Gasteiger partial charge is 0.312 e. The van der Waals surface area contributed by atoms with Crippen LogP contribution in [0.25, 0.3) is 0 Å². The highest BCUT2D eigenvalue weighted by atomic mass is 35.5. The van der Waals surface area contributed by atoms with Gasteiger partial charge in [-0.2, -0.15) is 0 Å². The van der Waals surface area contributed by atoms with Crippen LogP contribution in [-0.2, 0) is 14.3 Å². The summed E-state index contributed by atoms with van der Waals surface area (Å²) in [5, 5.41) is 0. The van der Waals surface area contributed by atoms with Crippen LogP contribution in [0.4, 0.5) is 5.69 Å². The maximum atomic E-state index is 13.0. The highest BCUT2D eigenvalue weighted by molar-refractivity contribution is 6.24. The normalized spacial score (nSPS) is 35.2. The number of anilines is 1. The Bertz CT molecular complexity index is 850. The molecule has 5 fully saturated rings. The predicted molar refractivity (Wildman–Crippen MR) is 109 cm³/mol. The van der Waals surface area contributed by atoms with Crippen LogP contribution in [0.1, 0.15) is 61.7 Å². The molecule has 1 aromatic carbocycles. The van der Waals surface area contributed by atoms with E-state index in [4.69, 9.17) is 16.3 Å². The van der Waals surface area contributed by atoms with E-state index in [0.29, 0.717) is 30.2 Å². The summed E-state index contributed by atoms with van der Waals surface area (Å²) < 4.78 is 5.52. The lowest BCUT2D eigenvalue weighted by Crippen LogP contribution is -2.56. The van der Waals surface area contributed by atoms with E-state index in [1.807, 2.05) is 0 Å². The van der Waals surface area contributed by atoms with Crippen molar-refractivity contribution < 1.29 is 19.1 Å². The fraction of sp³-hybridized carbons (Fsp3) is 0.609. The van der Waals surface area contributed by atoms with Gasteiger partial charge in [0.2, 0.25) is 5.91 Å². The third-order valence-electron chi connectivity index (χ3n) is 7.33. The number of carbonyl (C=O) groups excluding carboxylic acids is 3. The number of hydrogen-bond donors (Lipinski definition) is 0. The number of ketones is 1. The number of hydrogen-bond acceptors (Lipinski definition) is 4. The Morgan fingerprint density at radius 3 is 2.38 bits per heavy atom. The van der Waals surface area contributed by atoms with Crippen molar-refractivity contribution in [1.29, 1.82) is 0 Å². The summed E-state index contributed by atoms with van der Waals surface area (Å²) in [4.78, 5) is 38.8. The van der Waals surface area contributed by atoms with E-state index in [-0.39, 0.29) is 29.1 Å². The SMILES string of the molecule is O=C(COC(=O)C12C[C@@H]3C[C@@H](CC(Cl)(C3)C1)C2)c1ccc(N2CCCC2=O)cc1. The van der Waals surface area contributed by atoms with Gasteiger partial charge in [-0.3, -0.25) is 14.4 Å². The Morgan fingerprint density at radius 2 is 1.79 bits per heavy atom. The molecule has 0 radical (unpaired) electrons. The van der Waals surface area contributed by atoms with Crippen LogP contribution < -0.4 is 4.90 Å². The molecule has 5 nitrogen and oxygen atoms in total. The lowest BCUT2D eigenvalue weighted by atomic mass is 9.49. The molecule has 1 heterocycles. The number of halogens is 1. The molecule has 1 aliphatic heterocycles. The minimum absolute atomic E-state index is 0.116. The molecule has 1 aromatic rings. The van der Waals surface area contributed by atoms with Crippen LogP contribution in [0.5, 0.6) is 0 Å². The Kier molecular flexibility index (Phi) is 4.50. The van der Waals surface area contributed by atoms with Crippen LogP contribution in [-0.4, -0.2) is 35.7 Å². The van der Waals surface area contributed by atoms with Crippen LogP contribution in [0.15, 0.2) is 24.3 Å². The summed E-state index contributed by atoms with van der Waals surface area (Å²) >= 11 is 6.80. The first-order valence-corrected chi connectivity index (χ1v) is 11.0. The number of benzene rings is 1. The second-order valence-corrected chi connectivity index (χ2v) is 10.4. The number of esters is 1. The second-order valence-electron chi connectivity index (χ2n) is 9.59. The molecule has 0 spiro atoms. The first kappa shape index (κ1) is 19.1. The van der Waals surface area contributed by atoms with E-state index in [0.717, 1.165) is 44.3 Å². The number of alkyl halides is 1. The summed E-state index contributed by atoms with van der Waals surface area (Å²) in [6.07, 6.45) is 7.00. The monoisotopic (exact) mass is 415 g/mol. The van der Waals surface area contributed by atoms with E-state index in [2.05, 4.69) is 0 Å². The van der Waals surface area contributed by atoms with Crippen molar-refractivity contribution in [2.24, 2.45) is 17.3 Å². The van der Waals surface area contributed by atoms with Crippen LogP contribution >= 0.6 is 11.6 Å². The van der Waals surface area contributed by atoms with Crippen molar-refractivity contribution in [1.82, 2.24) is 0 Å². The molecule has 4 bridgehead atoms. The fourth-order valence-electron chi connectivity index (χ4n) is 6.51. The molecule has 154 valence electrons. The lowest BCUT2D eigenvalue weighted by molar-refractivity contribution is -0.168. The zero-order chi connectivity index (χ0) is 20.2. The van der Waals surface area contributed by atoms with Crippen molar-refractivity contribution in [2.75, 3.05) is 18.1 Å². The van der Waals surface area contributed by atoms with Crippen LogP contribution in [0.3, 0.4) is 0 Å². The highest BCUT2D eigenvalue weighted by Gasteiger charge is 2.60. The van der Waals surface area contributed by atoms with Gasteiger partial charge in [-0.15, -0.1) is 11.6 Å². The Labute approximate surface area is 175 Å². The molecule has 1 amide bonds. The second kappa shape index (κ2) is 6.83. The standard InChI is InChI=1S/C23H26ClNO4/c24-23-11-15-8-16(12-23)10-22(9-15,14-23)21(28)29-13-19(26)17-3-5-18(6-4-17)25-7-1-2-20(25)27/h3-6,15-16H,1-2,7-14H2/t15-,16+,22?,23?. The lowest BCUT2D eigenvalue weighted by Gasteiger charge is -2.58. The maximum Gasteiger partial charge on any atom is 0.312 e. The van der Waals surface area contributed by atoms with Crippen molar-refractivity contribution in [3.05, 3.63) is 29.8 Å². The predicted octanol–water partition coefficient (Wildman–Crippen LogP) is 4.12. The van der Waals surface area contributed by atoms with Gasteiger partial charge in [0.05, 0.1) is 5.41 Å². The van der Waals surface area contributed by atoms with Crippen molar-refractivity contribution in [3.8, 4) is 0 Å². The van der Waals surface area contributed by atoms with Gasteiger partial charge in [-0.25, -0.2) is 0 Å². The van der Waals surface area contributed by atoms with E-state index in [9.17, 15) is 14.4 Å². The molecule has 6 rings (SSSR count). The number of ether oxygens (including phenoxy) is 1. The van der Waals surface area contributed by atoms with Crippen molar-refractivity contribution >= 4 is 34.9 Å². The van der Waals surface area contributed by atoms with Gasteiger partial charge in [0.15, 0.2) is 12.4 Å². The molecule has 5 aliphatic rings. The first-order chi connectivity index (χ1) is 13.9. The number of amides is 1. The van der Waals surface area contributed by atoms with Gasteiger partial charge >= 0.3 is 5.97 Å². The van der Waals surface area contributed by atoms with Gasteiger partial charge < -0.3 is 9.64 Å². The van der Waals surface area contributed by atoms with E-state index < -0.39 is 5.41 Å². The summed E-state index contributed by atoms with van der Waals surface area (Å²) in [6.45, 7) is 0.475. The van der Waals surface area contributed by atoms with Gasteiger partial charge in [0.25, 0.3) is 0 Å². The van der Waals surface area contributed by atoms with Gasteiger partial charge in [-0.1, -0.05) is 0 Å². The number of Topliss-reactive ketones (excluding diaryl/α,β-unsaturated/α-hetero) is 1. The van der Waals surface area contributed by atoms with Gasteiger partial charge in [0, 0.05) is 29.1 Å². The molecule has 29 heavy (non-hydrogen) atoms. The minimum atomic E-state index is -0.494. The quantitative estimate of drug-likeness (QED) is 0.412. The summed E-state index contributed by atoms with van der Waals surface area (Å²) in [5.41, 5.74) is 0.807. The van der Waals surface area contributed by atoms with Crippen molar-refractivity contribution in [3.63, 3.8) is 0 Å². The fourth-order valence-corrected chi connectivity index (χ4v) is 7.20. The summed E-state index contributed by atoms with van der Waals surface area (Å²) in [7, 11) is 0. The highest BCUT2D eigenvalue weighted by Crippen LogP contribution is 2.64. The number of carbonyl (C=O) groups is 3. The van der Waals surface area contributed by atoms with E-state index in [1.165, 1.54) is 6.42 Å². The molecular weight excluding hydrogens is 390 g/mol. The van der Waals surface area contributed by atoms with Crippen LogP contribution in [0, 0.1) is 17.3 Å². The molecule has 4 saturated carbocycles. The molecule has 1 saturated heterocycles. The third-order valence-corrected chi connectivity index (χ3v) is 7.77. The molecule has 6 heteroatoms. The zero-order valence-corrected chi connectivity index (χ0v) is 17.2. The maximum absolute atomic E-state index is 13.0. The van der Waals surface area contributed by atoms with E-state index >= 15 is 0 Å². The van der Waals surface area contributed by atoms with Gasteiger partial charge in [0.1, 0.15) is 0 Å². The molecule has 2 unspecified atom stereocenters. The summed E-state index contributed by atoms with van der Waals surface area (Å²) in [5.74, 6) is 0.675. The molecule has 4 atom stereocenters. The molecular formula is C23H26ClNO4. The zero-order valence-electron chi connectivity index (χ0n) is 16.5. The topological polar surface area (TPSA) is 63.7 Å². The largest absolute Gasteiger partial charge is 0.457 e. The first-order valence-electron chi connectivity index (χ1n) is 10.7. The Balaban J connectivity index is 1.22. The molecule has 0 N–H and O–H groups in total. The average Bonchev–Trinajstić information content (AvgIpc) is 3.10. The number of rotatable bonds is 5.